The van der Waals surface area contributed by atoms with Crippen LogP contribution >= 0.6 is 11.3 Å². The maximum atomic E-state index is 12.7. The molecule has 29 heavy (non-hydrogen) atoms. The summed E-state index contributed by atoms with van der Waals surface area (Å²) in [5, 5.41) is 0.672. The molecule has 2 aromatic carbocycles. The van der Waals surface area contributed by atoms with E-state index in [4.69, 9.17) is 9.47 Å². The average molecular weight is 434 g/mol. The van der Waals surface area contributed by atoms with Crippen molar-refractivity contribution in [2.75, 3.05) is 14.2 Å². The van der Waals surface area contributed by atoms with Crippen LogP contribution in [0.5, 0.6) is 11.5 Å². The molecule has 3 rings (SSSR count). The number of hydrazine groups is 1. The van der Waals surface area contributed by atoms with Gasteiger partial charge in [-0.3, -0.25) is 10.2 Å². The number of hydrogen-bond donors (Lipinski definition) is 2. The third kappa shape index (κ3) is 4.56. The Morgan fingerprint density at radius 1 is 1.07 bits per heavy atom. The van der Waals surface area contributed by atoms with Crippen LogP contribution in [-0.4, -0.2) is 33.5 Å². The number of benzene rings is 2. The van der Waals surface area contributed by atoms with Crippen LogP contribution in [0.15, 0.2) is 53.4 Å². The lowest BCUT2D eigenvalue weighted by Gasteiger charge is -2.12. The maximum Gasteiger partial charge on any atom is 0.278 e. The zero-order chi connectivity index (χ0) is 21.0. The van der Waals surface area contributed by atoms with Crippen LogP contribution in [0.3, 0.4) is 0 Å². The molecule has 0 saturated carbocycles. The number of rotatable bonds is 7. The van der Waals surface area contributed by atoms with E-state index in [1.807, 2.05) is 30.3 Å². The second-order valence-electron chi connectivity index (χ2n) is 5.88. The molecule has 0 aliphatic carbocycles. The lowest BCUT2D eigenvalue weighted by molar-refractivity contribution is 0.0948. The summed E-state index contributed by atoms with van der Waals surface area (Å²) in [7, 11) is -1.33. The van der Waals surface area contributed by atoms with Gasteiger partial charge in [-0.2, -0.15) is 0 Å². The Kier molecular flexibility index (Phi) is 6.16. The number of sulfonamides is 1. The first kappa shape index (κ1) is 20.8. The normalized spacial score (nSPS) is 11.1. The molecule has 0 saturated heterocycles. The van der Waals surface area contributed by atoms with Gasteiger partial charge in [0, 0.05) is 11.6 Å². The smallest absolute Gasteiger partial charge is 0.278 e. The second-order valence-corrected chi connectivity index (χ2v) is 8.53. The van der Waals surface area contributed by atoms with E-state index in [-0.39, 0.29) is 10.6 Å². The minimum absolute atomic E-state index is 0.118. The SMILES string of the molecule is COc1ccc(OC)c(S(=O)(=O)NNC(=O)c2sc(-c3ccccc3)nc2C)c1. The fourth-order valence-electron chi connectivity index (χ4n) is 2.53. The molecule has 0 aliphatic rings. The van der Waals surface area contributed by atoms with E-state index in [2.05, 4.69) is 15.2 Å². The first-order chi connectivity index (χ1) is 13.9. The Balaban J connectivity index is 1.80. The number of amides is 1. The Labute approximate surface area is 172 Å². The van der Waals surface area contributed by atoms with Crippen LogP contribution in [0, 0.1) is 6.92 Å². The summed E-state index contributed by atoms with van der Waals surface area (Å²) in [5.41, 5.74) is 3.61. The molecular formula is C19H19N3O5S2. The van der Waals surface area contributed by atoms with Crippen LogP contribution in [0.2, 0.25) is 0 Å². The van der Waals surface area contributed by atoms with Gasteiger partial charge in [-0.1, -0.05) is 30.3 Å². The van der Waals surface area contributed by atoms with Crippen LogP contribution in [0.4, 0.5) is 0 Å². The van der Waals surface area contributed by atoms with Crippen molar-refractivity contribution in [2.45, 2.75) is 11.8 Å². The molecule has 0 bridgehead atoms. The molecule has 0 unspecified atom stereocenters. The Hall–Kier alpha value is -2.95. The largest absolute Gasteiger partial charge is 0.497 e. The van der Waals surface area contributed by atoms with Gasteiger partial charge >= 0.3 is 0 Å². The van der Waals surface area contributed by atoms with Crippen LogP contribution in [0.25, 0.3) is 10.6 Å². The van der Waals surface area contributed by atoms with Gasteiger partial charge in [0.05, 0.1) is 19.9 Å². The number of ether oxygens (including phenoxy) is 2. The second kappa shape index (κ2) is 8.60. The van der Waals surface area contributed by atoms with Gasteiger partial charge < -0.3 is 9.47 Å². The van der Waals surface area contributed by atoms with E-state index in [1.165, 1.54) is 37.7 Å². The first-order valence-electron chi connectivity index (χ1n) is 8.42. The summed E-state index contributed by atoms with van der Waals surface area (Å²) in [4.78, 5) is 19.2. The van der Waals surface area contributed by atoms with Gasteiger partial charge in [-0.25, -0.2) is 13.4 Å². The molecule has 3 aromatic rings. The first-order valence-corrected chi connectivity index (χ1v) is 10.7. The maximum absolute atomic E-state index is 12.7. The summed E-state index contributed by atoms with van der Waals surface area (Å²) in [5.74, 6) is -0.149. The number of hydrogen-bond acceptors (Lipinski definition) is 7. The van der Waals surface area contributed by atoms with E-state index in [0.29, 0.717) is 21.3 Å². The molecule has 0 radical (unpaired) electrons. The summed E-state index contributed by atoms with van der Waals surface area (Å²) < 4.78 is 35.5. The summed E-state index contributed by atoms with van der Waals surface area (Å²) in [6, 6.07) is 13.8. The van der Waals surface area contributed by atoms with Crippen LogP contribution in [0.1, 0.15) is 15.4 Å². The highest BCUT2D eigenvalue weighted by Crippen LogP contribution is 2.29. The van der Waals surface area contributed by atoms with Gasteiger partial charge in [0.1, 0.15) is 26.3 Å². The van der Waals surface area contributed by atoms with Crippen molar-refractivity contribution < 1.29 is 22.7 Å². The predicted octanol–water partition coefficient (Wildman–Crippen LogP) is 2.76. The Bertz CT molecular complexity index is 1130. The zero-order valence-electron chi connectivity index (χ0n) is 15.9. The molecule has 8 nitrogen and oxygen atoms in total. The van der Waals surface area contributed by atoms with E-state index in [9.17, 15) is 13.2 Å². The van der Waals surface area contributed by atoms with Crippen molar-refractivity contribution in [1.82, 2.24) is 15.2 Å². The average Bonchev–Trinajstić information content (AvgIpc) is 3.14. The highest BCUT2D eigenvalue weighted by molar-refractivity contribution is 7.89. The van der Waals surface area contributed by atoms with Crippen LogP contribution < -0.4 is 19.7 Å². The summed E-state index contributed by atoms with van der Waals surface area (Å²) in [6.45, 7) is 1.69. The lowest BCUT2D eigenvalue weighted by Crippen LogP contribution is -2.41. The zero-order valence-corrected chi connectivity index (χ0v) is 17.6. The number of aryl methyl sites for hydroxylation is 1. The molecule has 1 aromatic heterocycles. The lowest BCUT2D eigenvalue weighted by atomic mass is 10.2. The van der Waals surface area contributed by atoms with Gasteiger partial charge in [-0.05, 0) is 19.1 Å². The van der Waals surface area contributed by atoms with E-state index in [1.54, 1.807) is 13.0 Å². The van der Waals surface area contributed by atoms with Crippen molar-refractivity contribution in [3.63, 3.8) is 0 Å². The van der Waals surface area contributed by atoms with Gasteiger partial charge in [0.15, 0.2) is 0 Å². The van der Waals surface area contributed by atoms with Crippen molar-refractivity contribution in [1.29, 1.82) is 0 Å². The molecule has 10 heteroatoms. The van der Waals surface area contributed by atoms with E-state index >= 15 is 0 Å². The van der Waals surface area contributed by atoms with Crippen molar-refractivity contribution in [3.05, 3.63) is 59.1 Å². The highest BCUT2D eigenvalue weighted by atomic mass is 32.2. The molecule has 1 heterocycles. The third-order valence-corrected chi connectivity index (χ3v) is 6.46. The summed E-state index contributed by atoms with van der Waals surface area (Å²) >= 11 is 1.18. The quantitative estimate of drug-likeness (QED) is 0.555. The number of nitrogens with one attached hydrogen (secondary N) is 2. The van der Waals surface area contributed by atoms with E-state index in [0.717, 1.165) is 5.56 Å². The van der Waals surface area contributed by atoms with E-state index < -0.39 is 15.9 Å². The molecule has 0 spiro atoms. The van der Waals surface area contributed by atoms with Crippen molar-refractivity contribution in [3.8, 4) is 22.1 Å². The number of methoxy groups -OCH3 is 2. The number of nitrogens with zero attached hydrogens (tertiary/aromatic N) is 1. The number of aromatic nitrogens is 1. The van der Waals surface area contributed by atoms with Gasteiger partial charge in [0.25, 0.3) is 15.9 Å². The molecule has 0 fully saturated rings. The van der Waals surface area contributed by atoms with Crippen molar-refractivity contribution in [2.24, 2.45) is 0 Å². The number of thiazole rings is 1. The molecule has 1 amide bonds. The third-order valence-electron chi connectivity index (χ3n) is 3.98. The summed E-state index contributed by atoms with van der Waals surface area (Å²) in [6.07, 6.45) is 0. The van der Waals surface area contributed by atoms with Gasteiger partial charge in [-0.15, -0.1) is 16.2 Å². The number of carbonyl (C=O) groups is 1. The number of carbonyl (C=O) groups excluding carboxylic acids is 1. The Morgan fingerprint density at radius 2 is 1.79 bits per heavy atom. The minimum atomic E-state index is -4.10. The Morgan fingerprint density at radius 3 is 2.45 bits per heavy atom. The molecule has 0 atom stereocenters. The highest BCUT2D eigenvalue weighted by Gasteiger charge is 2.23. The fraction of sp³-hybridized carbons (Fsp3) is 0.158. The topological polar surface area (TPSA) is 107 Å². The fourth-order valence-corrected chi connectivity index (χ4v) is 4.52. The molecule has 152 valence electrons. The molecule has 0 aliphatic heterocycles. The minimum Gasteiger partial charge on any atom is -0.497 e. The molecule has 2 N–H and O–H groups in total. The standard InChI is InChI=1S/C19H19N3O5S2/c1-12-17(28-19(20-12)13-7-5-4-6-8-13)18(23)21-22-29(24,25)16-11-14(26-2)9-10-15(16)27-3/h4-11,22H,1-3H3,(H,21,23). The van der Waals surface area contributed by atoms with Crippen molar-refractivity contribution >= 4 is 27.3 Å². The monoisotopic (exact) mass is 433 g/mol. The van der Waals surface area contributed by atoms with Gasteiger partial charge in [0.2, 0.25) is 0 Å². The molecular weight excluding hydrogens is 414 g/mol. The van der Waals surface area contributed by atoms with Crippen LogP contribution in [-0.2, 0) is 10.0 Å². The predicted molar refractivity (Wildman–Crippen MR) is 110 cm³/mol.